The number of carbonyl (C=O) groups excluding carboxylic acids is 1. The van der Waals surface area contributed by atoms with Gasteiger partial charge in [0, 0.05) is 19.0 Å². The van der Waals surface area contributed by atoms with E-state index >= 15 is 0 Å². The fraction of sp³-hybridized carbons (Fsp3) is 0.933. The van der Waals surface area contributed by atoms with Crippen molar-refractivity contribution in [3.8, 4) is 0 Å². The van der Waals surface area contributed by atoms with Crippen LogP contribution in [-0.4, -0.2) is 35.7 Å². The number of rotatable bonds is 7. The molecule has 19 heavy (non-hydrogen) atoms. The van der Waals surface area contributed by atoms with Crippen molar-refractivity contribution < 1.29 is 9.90 Å². The molecule has 0 spiro atoms. The molecule has 0 heterocycles. The van der Waals surface area contributed by atoms with Gasteiger partial charge in [-0.25, -0.2) is 0 Å². The molecule has 0 radical (unpaired) electrons. The molecule has 4 heteroatoms. The highest BCUT2D eigenvalue weighted by Gasteiger charge is 2.28. The van der Waals surface area contributed by atoms with E-state index in [0.29, 0.717) is 19.0 Å². The molecule has 0 atom stereocenters. The van der Waals surface area contributed by atoms with Crippen LogP contribution >= 0.6 is 0 Å². The molecule has 4 nitrogen and oxygen atoms in total. The highest BCUT2D eigenvalue weighted by atomic mass is 16.3. The second-order valence-corrected chi connectivity index (χ2v) is 6.13. The maximum absolute atomic E-state index is 11.7. The molecule has 0 aromatic rings. The average Bonchev–Trinajstić information content (AvgIpc) is 2.58. The van der Waals surface area contributed by atoms with Crippen molar-refractivity contribution >= 4 is 5.91 Å². The molecule has 112 valence electrons. The summed E-state index contributed by atoms with van der Waals surface area (Å²) in [5, 5.41) is 16.6. The van der Waals surface area contributed by atoms with Crippen LogP contribution in [0.1, 0.15) is 65.2 Å². The Morgan fingerprint density at radius 3 is 2.42 bits per heavy atom. The summed E-state index contributed by atoms with van der Waals surface area (Å²) in [4.78, 5) is 11.7. The van der Waals surface area contributed by atoms with Gasteiger partial charge in [-0.3, -0.25) is 4.79 Å². The Labute approximate surface area is 117 Å². The predicted molar refractivity (Wildman–Crippen MR) is 78.0 cm³/mol. The van der Waals surface area contributed by atoms with Gasteiger partial charge in [-0.2, -0.15) is 0 Å². The Hall–Kier alpha value is -0.610. The van der Waals surface area contributed by atoms with Crippen LogP contribution in [-0.2, 0) is 4.79 Å². The molecule has 0 bridgehead atoms. The van der Waals surface area contributed by atoms with E-state index in [1.54, 1.807) is 0 Å². The Bertz CT molecular complexity index is 259. The molecule has 0 aromatic carbocycles. The first-order chi connectivity index (χ1) is 9.02. The van der Waals surface area contributed by atoms with Crippen LogP contribution in [0.15, 0.2) is 0 Å². The van der Waals surface area contributed by atoms with E-state index in [0.717, 1.165) is 38.6 Å². The highest BCUT2D eigenvalue weighted by Crippen LogP contribution is 2.26. The van der Waals surface area contributed by atoms with Crippen molar-refractivity contribution in [3.05, 3.63) is 0 Å². The SMILES string of the molecule is CC(C)NCCCC(=O)NCC1(O)CCCCCC1. The quantitative estimate of drug-likeness (QED) is 0.489. The van der Waals surface area contributed by atoms with Gasteiger partial charge >= 0.3 is 0 Å². The van der Waals surface area contributed by atoms with Crippen molar-refractivity contribution in [2.75, 3.05) is 13.1 Å². The summed E-state index contributed by atoms with van der Waals surface area (Å²) in [5.74, 6) is 0.0585. The van der Waals surface area contributed by atoms with E-state index < -0.39 is 5.60 Å². The minimum absolute atomic E-state index is 0.0585. The summed E-state index contributed by atoms with van der Waals surface area (Å²) < 4.78 is 0. The van der Waals surface area contributed by atoms with Crippen LogP contribution < -0.4 is 10.6 Å². The van der Waals surface area contributed by atoms with Crippen molar-refractivity contribution in [3.63, 3.8) is 0 Å². The summed E-state index contributed by atoms with van der Waals surface area (Å²) in [6, 6.07) is 0.467. The molecule has 1 aliphatic carbocycles. The molecular weight excluding hydrogens is 240 g/mol. The average molecular weight is 270 g/mol. The van der Waals surface area contributed by atoms with Gasteiger partial charge < -0.3 is 15.7 Å². The third kappa shape index (κ3) is 7.53. The fourth-order valence-corrected chi connectivity index (χ4v) is 2.55. The largest absolute Gasteiger partial charge is 0.388 e. The Morgan fingerprint density at radius 1 is 1.21 bits per heavy atom. The molecule has 1 amide bonds. The predicted octanol–water partition coefficient (Wildman–Crippen LogP) is 1.97. The molecule has 3 N–H and O–H groups in total. The molecule has 0 unspecified atom stereocenters. The van der Waals surface area contributed by atoms with Gasteiger partial charge in [-0.15, -0.1) is 0 Å². The minimum Gasteiger partial charge on any atom is -0.388 e. The first-order valence-corrected chi connectivity index (χ1v) is 7.74. The number of amides is 1. The second kappa shape index (κ2) is 8.54. The lowest BCUT2D eigenvalue weighted by Gasteiger charge is -2.26. The third-order valence-electron chi connectivity index (χ3n) is 3.78. The Morgan fingerprint density at radius 2 is 1.84 bits per heavy atom. The number of carbonyl (C=O) groups is 1. The standard InChI is InChI=1S/C15H30N2O2/c1-13(2)16-11-7-8-14(18)17-12-15(19)9-5-3-4-6-10-15/h13,16,19H,3-12H2,1-2H3,(H,17,18). The van der Waals surface area contributed by atoms with Gasteiger partial charge in [0.2, 0.25) is 5.91 Å². The number of hydrogen-bond donors (Lipinski definition) is 3. The van der Waals surface area contributed by atoms with Gasteiger partial charge in [0.1, 0.15) is 0 Å². The molecule has 0 aromatic heterocycles. The van der Waals surface area contributed by atoms with Crippen molar-refractivity contribution in [1.29, 1.82) is 0 Å². The van der Waals surface area contributed by atoms with Crippen molar-refractivity contribution in [1.82, 2.24) is 10.6 Å². The molecule has 1 rings (SSSR count). The van der Waals surface area contributed by atoms with Crippen LogP contribution in [0.25, 0.3) is 0 Å². The first-order valence-electron chi connectivity index (χ1n) is 7.74. The molecule has 1 fully saturated rings. The lowest BCUT2D eigenvalue weighted by Crippen LogP contribution is -2.42. The van der Waals surface area contributed by atoms with E-state index in [2.05, 4.69) is 24.5 Å². The zero-order valence-electron chi connectivity index (χ0n) is 12.5. The van der Waals surface area contributed by atoms with Crippen LogP contribution in [0.2, 0.25) is 0 Å². The smallest absolute Gasteiger partial charge is 0.220 e. The summed E-state index contributed by atoms with van der Waals surface area (Å²) in [5.41, 5.74) is -0.664. The van der Waals surface area contributed by atoms with E-state index in [9.17, 15) is 9.90 Å². The summed E-state index contributed by atoms with van der Waals surface area (Å²) in [7, 11) is 0. The molecule has 0 aliphatic heterocycles. The van der Waals surface area contributed by atoms with Crippen LogP contribution in [0.3, 0.4) is 0 Å². The van der Waals surface area contributed by atoms with Crippen molar-refractivity contribution in [2.24, 2.45) is 0 Å². The van der Waals surface area contributed by atoms with Crippen LogP contribution in [0.4, 0.5) is 0 Å². The molecule has 1 aliphatic rings. The van der Waals surface area contributed by atoms with Crippen LogP contribution in [0.5, 0.6) is 0 Å². The normalized spacial score (nSPS) is 19.2. The zero-order valence-corrected chi connectivity index (χ0v) is 12.5. The highest BCUT2D eigenvalue weighted by molar-refractivity contribution is 5.75. The van der Waals surface area contributed by atoms with Crippen molar-refractivity contribution in [2.45, 2.75) is 76.9 Å². The summed E-state index contributed by atoms with van der Waals surface area (Å²) >= 11 is 0. The van der Waals surface area contributed by atoms with Gasteiger partial charge in [0.05, 0.1) is 5.60 Å². The first kappa shape index (κ1) is 16.4. The summed E-state index contributed by atoms with van der Waals surface area (Å²) in [6.07, 6.45) is 7.59. The maximum atomic E-state index is 11.7. The topological polar surface area (TPSA) is 61.4 Å². The minimum atomic E-state index is -0.664. The zero-order chi connectivity index (χ0) is 14.1. The van der Waals surface area contributed by atoms with E-state index in [4.69, 9.17) is 0 Å². The number of aliphatic hydroxyl groups is 1. The molecule has 0 saturated heterocycles. The van der Waals surface area contributed by atoms with E-state index in [-0.39, 0.29) is 5.91 Å². The van der Waals surface area contributed by atoms with Gasteiger partial charge in [0.25, 0.3) is 0 Å². The van der Waals surface area contributed by atoms with Gasteiger partial charge in [-0.05, 0) is 25.8 Å². The second-order valence-electron chi connectivity index (χ2n) is 6.13. The summed E-state index contributed by atoms with van der Waals surface area (Å²) in [6.45, 7) is 5.49. The lowest BCUT2D eigenvalue weighted by molar-refractivity contribution is -0.122. The number of nitrogens with one attached hydrogen (secondary N) is 2. The van der Waals surface area contributed by atoms with Gasteiger partial charge in [0.15, 0.2) is 0 Å². The van der Waals surface area contributed by atoms with E-state index in [1.165, 1.54) is 12.8 Å². The van der Waals surface area contributed by atoms with Gasteiger partial charge in [-0.1, -0.05) is 39.5 Å². The molecular formula is C15H30N2O2. The molecule has 1 saturated carbocycles. The number of hydrogen-bond acceptors (Lipinski definition) is 3. The third-order valence-corrected chi connectivity index (χ3v) is 3.78. The Kier molecular flexibility index (Phi) is 7.39. The van der Waals surface area contributed by atoms with Crippen LogP contribution in [0, 0.1) is 0 Å². The maximum Gasteiger partial charge on any atom is 0.220 e. The Balaban J connectivity index is 2.14. The van der Waals surface area contributed by atoms with E-state index in [1.807, 2.05) is 0 Å². The lowest BCUT2D eigenvalue weighted by atomic mass is 9.94. The fourth-order valence-electron chi connectivity index (χ4n) is 2.55. The monoisotopic (exact) mass is 270 g/mol.